The molecule has 1 saturated heterocycles. The zero-order valence-corrected chi connectivity index (χ0v) is 16.4. The number of rotatable bonds is 6. The summed E-state index contributed by atoms with van der Waals surface area (Å²) in [5, 5.41) is 0. The number of hydrogen-bond donors (Lipinski definition) is 1. The maximum Gasteiger partial charge on any atom is 0.253 e. The van der Waals surface area contributed by atoms with Crippen molar-refractivity contribution in [2.45, 2.75) is 26.2 Å². The fraction of sp³-hybridized carbons (Fsp3) is 0.500. The minimum absolute atomic E-state index is 0.0104. The van der Waals surface area contributed by atoms with E-state index in [0.29, 0.717) is 43.9 Å². The van der Waals surface area contributed by atoms with Crippen LogP contribution in [-0.4, -0.2) is 68.3 Å². The Balaban J connectivity index is 1.95. The summed E-state index contributed by atoms with van der Waals surface area (Å²) in [5.74, 6) is -0.224. The maximum atomic E-state index is 12.7. The second kappa shape index (κ2) is 8.98. The Morgan fingerprint density at radius 2 is 1.56 bits per heavy atom. The average molecular weight is 395 g/mol. The summed E-state index contributed by atoms with van der Waals surface area (Å²) >= 11 is 0. The zero-order chi connectivity index (χ0) is 20.0. The number of anilines is 1. The van der Waals surface area contributed by atoms with Crippen LogP contribution in [0.2, 0.25) is 0 Å². The molecule has 1 aliphatic heterocycles. The van der Waals surface area contributed by atoms with Gasteiger partial charge in [0, 0.05) is 50.3 Å². The van der Waals surface area contributed by atoms with Gasteiger partial charge in [-0.25, -0.2) is 8.42 Å². The molecule has 0 radical (unpaired) electrons. The molecular formula is C18H25N3O5S. The summed E-state index contributed by atoms with van der Waals surface area (Å²) in [6, 6.07) is 6.25. The van der Waals surface area contributed by atoms with Gasteiger partial charge in [0.15, 0.2) is 0 Å². The quantitative estimate of drug-likeness (QED) is 0.777. The van der Waals surface area contributed by atoms with Crippen LogP contribution in [0.5, 0.6) is 0 Å². The number of carbonyl (C=O) groups is 3. The van der Waals surface area contributed by atoms with Gasteiger partial charge in [0.1, 0.15) is 5.78 Å². The lowest BCUT2D eigenvalue weighted by Crippen LogP contribution is -2.37. The molecule has 0 aliphatic carbocycles. The van der Waals surface area contributed by atoms with Gasteiger partial charge in [-0.1, -0.05) is 0 Å². The number of Topliss-reactive ketones (excluding diaryl/α,β-unsaturated/α-hetero) is 1. The van der Waals surface area contributed by atoms with Crippen molar-refractivity contribution < 1.29 is 22.8 Å². The Morgan fingerprint density at radius 1 is 0.963 bits per heavy atom. The van der Waals surface area contributed by atoms with Crippen LogP contribution in [0.1, 0.15) is 36.5 Å². The van der Waals surface area contributed by atoms with Gasteiger partial charge in [-0.3, -0.25) is 14.3 Å². The molecule has 9 heteroatoms. The topological polar surface area (TPSA) is 104 Å². The lowest BCUT2D eigenvalue weighted by Gasteiger charge is -2.22. The number of benzene rings is 1. The van der Waals surface area contributed by atoms with Crippen molar-refractivity contribution in [1.82, 2.24) is 9.80 Å². The number of sulfonamides is 1. The summed E-state index contributed by atoms with van der Waals surface area (Å²) in [6.45, 7) is 3.44. The van der Waals surface area contributed by atoms with E-state index in [0.717, 1.165) is 6.26 Å². The summed E-state index contributed by atoms with van der Waals surface area (Å²) < 4.78 is 24.8. The van der Waals surface area contributed by atoms with Gasteiger partial charge in [0.25, 0.3) is 5.91 Å². The van der Waals surface area contributed by atoms with Crippen molar-refractivity contribution in [3.05, 3.63) is 29.8 Å². The van der Waals surface area contributed by atoms with Gasteiger partial charge in [0.05, 0.1) is 6.26 Å². The van der Waals surface area contributed by atoms with E-state index in [-0.39, 0.29) is 30.4 Å². The third kappa shape index (κ3) is 6.67. The van der Waals surface area contributed by atoms with E-state index >= 15 is 0 Å². The van der Waals surface area contributed by atoms with Crippen LogP contribution in [0.15, 0.2) is 24.3 Å². The number of nitrogens with one attached hydrogen (secondary N) is 1. The molecule has 1 aliphatic rings. The van der Waals surface area contributed by atoms with Crippen LogP contribution < -0.4 is 4.72 Å². The average Bonchev–Trinajstić information content (AvgIpc) is 2.84. The van der Waals surface area contributed by atoms with Crippen molar-refractivity contribution in [2.24, 2.45) is 0 Å². The Bertz CT molecular complexity index is 805. The molecule has 1 aromatic rings. The highest BCUT2D eigenvalue weighted by atomic mass is 32.2. The molecule has 1 heterocycles. The second-order valence-electron chi connectivity index (χ2n) is 6.68. The summed E-state index contributed by atoms with van der Waals surface area (Å²) in [6.07, 6.45) is 2.18. The minimum Gasteiger partial charge on any atom is -0.341 e. The van der Waals surface area contributed by atoms with E-state index in [4.69, 9.17) is 0 Å². The van der Waals surface area contributed by atoms with E-state index in [9.17, 15) is 22.8 Å². The lowest BCUT2D eigenvalue weighted by molar-refractivity contribution is -0.132. The summed E-state index contributed by atoms with van der Waals surface area (Å²) in [7, 11) is -3.36. The molecule has 0 spiro atoms. The van der Waals surface area contributed by atoms with Crippen LogP contribution in [-0.2, 0) is 19.6 Å². The first-order valence-corrected chi connectivity index (χ1v) is 10.7. The van der Waals surface area contributed by atoms with Crippen molar-refractivity contribution in [3.63, 3.8) is 0 Å². The lowest BCUT2D eigenvalue weighted by atomic mass is 10.2. The highest BCUT2D eigenvalue weighted by molar-refractivity contribution is 7.92. The predicted octanol–water partition coefficient (Wildman–Crippen LogP) is 1.10. The van der Waals surface area contributed by atoms with Crippen LogP contribution in [0, 0.1) is 0 Å². The van der Waals surface area contributed by atoms with E-state index in [1.807, 2.05) is 0 Å². The van der Waals surface area contributed by atoms with Crippen molar-refractivity contribution in [3.8, 4) is 0 Å². The molecule has 2 rings (SSSR count). The van der Waals surface area contributed by atoms with Gasteiger partial charge in [0.2, 0.25) is 15.9 Å². The van der Waals surface area contributed by atoms with Gasteiger partial charge < -0.3 is 14.6 Å². The molecule has 8 nitrogen and oxygen atoms in total. The highest BCUT2D eigenvalue weighted by Gasteiger charge is 2.22. The molecule has 2 amide bonds. The molecular weight excluding hydrogens is 370 g/mol. The number of nitrogens with zero attached hydrogens (tertiary/aromatic N) is 2. The van der Waals surface area contributed by atoms with E-state index in [2.05, 4.69) is 4.72 Å². The first kappa shape index (κ1) is 20.9. The monoisotopic (exact) mass is 395 g/mol. The fourth-order valence-electron chi connectivity index (χ4n) is 2.89. The zero-order valence-electron chi connectivity index (χ0n) is 15.6. The number of carbonyl (C=O) groups excluding carboxylic acids is 3. The van der Waals surface area contributed by atoms with Gasteiger partial charge >= 0.3 is 0 Å². The molecule has 0 unspecified atom stereocenters. The van der Waals surface area contributed by atoms with Gasteiger partial charge in [-0.15, -0.1) is 0 Å². The fourth-order valence-corrected chi connectivity index (χ4v) is 3.45. The van der Waals surface area contributed by atoms with Crippen LogP contribution in [0.4, 0.5) is 5.69 Å². The van der Waals surface area contributed by atoms with Crippen molar-refractivity contribution >= 4 is 33.3 Å². The molecule has 1 aromatic carbocycles. The Morgan fingerprint density at radius 3 is 2.15 bits per heavy atom. The molecule has 0 aromatic heterocycles. The third-order valence-electron chi connectivity index (χ3n) is 4.26. The smallest absolute Gasteiger partial charge is 0.253 e. The Kier molecular flexibility index (Phi) is 6.95. The van der Waals surface area contributed by atoms with E-state index in [1.54, 1.807) is 34.1 Å². The summed E-state index contributed by atoms with van der Waals surface area (Å²) in [4.78, 5) is 39.3. The molecule has 0 bridgehead atoms. The standard InChI is InChI=1S/C18H25N3O5S/c1-14(22)4-9-17(23)20-10-3-11-21(13-12-20)18(24)15-5-7-16(8-6-15)19-27(2,25)26/h5-8,19H,3-4,9-13H2,1-2H3. The summed E-state index contributed by atoms with van der Waals surface area (Å²) in [5.41, 5.74) is 0.859. The van der Waals surface area contributed by atoms with Crippen molar-refractivity contribution in [2.75, 3.05) is 37.2 Å². The maximum absolute atomic E-state index is 12.7. The van der Waals surface area contributed by atoms with Gasteiger partial charge in [-0.2, -0.15) is 0 Å². The largest absolute Gasteiger partial charge is 0.341 e. The van der Waals surface area contributed by atoms with Gasteiger partial charge in [-0.05, 0) is 37.6 Å². The molecule has 1 N–H and O–H groups in total. The van der Waals surface area contributed by atoms with Crippen molar-refractivity contribution in [1.29, 1.82) is 0 Å². The van der Waals surface area contributed by atoms with Crippen LogP contribution >= 0.6 is 0 Å². The van der Waals surface area contributed by atoms with Crippen LogP contribution in [0.25, 0.3) is 0 Å². The van der Waals surface area contributed by atoms with Crippen LogP contribution in [0.3, 0.4) is 0 Å². The highest BCUT2D eigenvalue weighted by Crippen LogP contribution is 2.14. The third-order valence-corrected chi connectivity index (χ3v) is 4.87. The molecule has 27 heavy (non-hydrogen) atoms. The Hall–Kier alpha value is -2.42. The molecule has 0 atom stereocenters. The number of ketones is 1. The SMILES string of the molecule is CC(=O)CCC(=O)N1CCCN(C(=O)c2ccc(NS(C)(=O)=O)cc2)CC1. The number of hydrogen-bond acceptors (Lipinski definition) is 5. The molecule has 0 saturated carbocycles. The van der Waals surface area contributed by atoms with E-state index in [1.165, 1.54) is 6.92 Å². The second-order valence-corrected chi connectivity index (χ2v) is 8.43. The molecule has 148 valence electrons. The minimum atomic E-state index is -3.36. The van der Waals surface area contributed by atoms with E-state index < -0.39 is 10.0 Å². The predicted molar refractivity (Wildman–Crippen MR) is 102 cm³/mol. The number of amides is 2. The normalized spacial score (nSPS) is 15.2. The Labute approximate surface area is 159 Å². The first-order valence-electron chi connectivity index (χ1n) is 8.80. The molecule has 1 fully saturated rings. The first-order chi connectivity index (χ1) is 12.7.